The molecule has 30 heavy (non-hydrogen) atoms. The maximum Gasteiger partial charge on any atom is 0.137 e. The number of benzene rings is 2. The quantitative estimate of drug-likeness (QED) is 0.503. The smallest absolute Gasteiger partial charge is 0.137 e. The Morgan fingerprint density at radius 2 is 2.10 bits per heavy atom. The van der Waals surface area contributed by atoms with Crippen molar-refractivity contribution in [2.75, 3.05) is 26.8 Å². The lowest BCUT2D eigenvalue weighted by Gasteiger charge is -2.28. The minimum absolute atomic E-state index is 0.169. The van der Waals surface area contributed by atoms with Crippen LogP contribution < -0.4 is 4.74 Å². The van der Waals surface area contributed by atoms with Crippen LogP contribution in [0.4, 0.5) is 0 Å². The molecule has 5 rings (SSSR count). The van der Waals surface area contributed by atoms with Gasteiger partial charge >= 0.3 is 0 Å². The van der Waals surface area contributed by atoms with Crippen LogP contribution in [0.15, 0.2) is 42.5 Å². The molecule has 4 aromatic rings. The molecule has 0 spiro atoms. The number of fused-ring (bicyclic) bond motifs is 5. The average Bonchev–Trinajstić information content (AvgIpc) is 3.14. The second-order valence-corrected chi connectivity index (χ2v) is 8.21. The molecule has 2 aromatic carbocycles. The number of aliphatic hydroxyl groups excluding tert-OH is 1. The van der Waals surface area contributed by atoms with Crippen LogP contribution in [-0.4, -0.2) is 46.8 Å². The summed E-state index contributed by atoms with van der Waals surface area (Å²) in [5, 5.41) is 12.5. The van der Waals surface area contributed by atoms with Gasteiger partial charge in [0.05, 0.1) is 35.6 Å². The fraction of sp³-hybridized carbons (Fsp3) is 0.292. The summed E-state index contributed by atoms with van der Waals surface area (Å²) in [5.74, 6) is 0.675. The highest BCUT2D eigenvalue weighted by Gasteiger charge is 2.23. The standard InChI is InChI=1S/C24H24ClN3O2/c1-30-22-7-6-15(12-18(22)25)13-20-24-23(16-4-2-3-5-19(16)27-24)17-8-9-28(10-11-29)14-21(17)26-20/h2-7,12,27,29H,8-11,13-14H2,1H3. The lowest BCUT2D eigenvalue weighted by atomic mass is 9.96. The summed E-state index contributed by atoms with van der Waals surface area (Å²) in [5.41, 5.74) is 6.80. The van der Waals surface area contributed by atoms with Crippen LogP contribution in [-0.2, 0) is 19.4 Å². The molecule has 0 amide bonds. The molecule has 0 aliphatic carbocycles. The number of aromatic amines is 1. The van der Waals surface area contributed by atoms with Crippen molar-refractivity contribution in [1.29, 1.82) is 0 Å². The van der Waals surface area contributed by atoms with E-state index >= 15 is 0 Å². The second kappa shape index (κ2) is 7.91. The molecule has 2 aromatic heterocycles. The number of nitrogens with one attached hydrogen (secondary N) is 1. The van der Waals surface area contributed by atoms with Gasteiger partial charge in [0.25, 0.3) is 0 Å². The maximum absolute atomic E-state index is 9.37. The third-order valence-electron chi connectivity index (χ3n) is 5.97. The Morgan fingerprint density at radius 1 is 1.23 bits per heavy atom. The number of halogens is 1. The summed E-state index contributed by atoms with van der Waals surface area (Å²) in [4.78, 5) is 11.0. The van der Waals surface area contributed by atoms with E-state index < -0.39 is 0 Å². The Kier molecular flexibility index (Phi) is 5.11. The first-order valence-corrected chi connectivity index (χ1v) is 10.6. The Balaban J connectivity index is 1.66. The van der Waals surface area contributed by atoms with E-state index in [4.69, 9.17) is 21.3 Å². The van der Waals surface area contributed by atoms with Crippen molar-refractivity contribution in [2.24, 2.45) is 0 Å². The fourth-order valence-electron chi connectivity index (χ4n) is 4.54. The zero-order valence-electron chi connectivity index (χ0n) is 16.9. The van der Waals surface area contributed by atoms with Gasteiger partial charge in [-0.1, -0.05) is 35.9 Å². The van der Waals surface area contributed by atoms with Gasteiger partial charge in [0.15, 0.2) is 0 Å². The maximum atomic E-state index is 9.37. The number of ether oxygens (including phenoxy) is 1. The molecule has 154 valence electrons. The van der Waals surface area contributed by atoms with E-state index in [9.17, 15) is 5.11 Å². The molecule has 0 saturated carbocycles. The van der Waals surface area contributed by atoms with Crippen LogP contribution in [0.3, 0.4) is 0 Å². The van der Waals surface area contributed by atoms with Crippen LogP contribution in [0, 0.1) is 0 Å². The number of aliphatic hydroxyl groups is 1. The zero-order valence-corrected chi connectivity index (χ0v) is 17.7. The van der Waals surface area contributed by atoms with E-state index in [1.807, 2.05) is 18.2 Å². The predicted octanol–water partition coefficient (Wildman–Crippen LogP) is 4.32. The molecule has 1 aliphatic rings. The minimum atomic E-state index is 0.169. The molecule has 1 aliphatic heterocycles. The van der Waals surface area contributed by atoms with Crippen molar-refractivity contribution in [2.45, 2.75) is 19.4 Å². The first kappa shape index (κ1) is 19.4. The number of hydrogen-bond donors (Lipinski definition) is 2. The van der Waals surface area contributed by atoms with E-state index in [1.165, 1.54) is 16.3 Å². The second-order valence-electron chi connectivity index (χ2n) is 7.80. The molecule has 6 heteroatoms. The van der Waals surface area contributed by atoms with Crippen molar-refractivity contribution in [3.05, 3.63) is 70.0 Å². The van der Waals surface area contributed by atoms with Gasteiger partial charge in [-0.25, -0.2) is 0 Å². The summed E-state index contributed by atoms with van der Waals surface area (Å²) < 4.78 is 5.29. The van der Waals surface area contributed by atoms with Crippen molar-refractivity contribution in [3.63, 3.8) is 0 Å². The molecular formula is C24H24ClN3O2. The van der Waals surface area contributed by atoms with Crippen LogP contribution in [0.1, 0.15) is 22.5 Å². The van der Waals surface area contributed by atoms with E-state index in [0.29, 0.717) is 23.7 Å². The zero-order chi connectivity index (χ0) is 20.7. The van der Waals surface area contributed by atoms with Crippen LogP contribution in [0.25, 0.3) is 21.8 Å². The summed E-state index contributed by atoms with van der Waals surface area (Å²) in [7, 11) is 1.62. The number of aromatic nitrogens is 2. The van der Waals surface area contributed by atoms with Gasteiger partial charge in [-0.3, -0.25) is 9.88 Å². The van der Waals surface area contributed by atoms with Gasteiger partial charge < -0.3 is 14.8 Å². The highest BCUT2D eigenvalue weighted by atomic mass is 35.5. The van der Waals surface area contributed by atoms with Crippen LogP contribution in [0.2, 0.25) is 5.02 Å². The number of rotatable bonds is 5. The molecule has 0 radical (unpaired) electrons. The molecule has 3 heterocycles. The fourth-order valence-corrected chi connectivity index (χ4v) is 4.82. The number of para-hydroxylation sites is 1. The number of H-pyrrole nitrogens is 1. The van der Waals surface area contributed by atoms with E-state index in [0.717, 1.165) is 47.5 Å². The van der Waals surface area contributed by atoms with Gasteiger partial charge in [-0.2, -0.15) is 0 Å². The summed E-state index contributed by atoms with van der Waals surface area (Å²) in [6.07, 6.45) is 1.62. The molecule has 0 saturated heterocycles. The monoisotopic (exact) mass is 421 g/mol. The minimum Gasteiger partial charge on any atom is -0.495 e. The molecule has 5 nitrogen and oxygen atoms in total. The predicted molar refractivity (Wildman–Crippen MR) is 120 cm³/mol. The molecule has 0 unspecified atom stereocenters. The topological polar surface area (TPSA) is 61.4 Å². The van der Waals surface area contributed by atoms with Crippen LogP contribution in [0.5, 0.6) is 5.75 Å². The highest BCUT2D eigenvalue weighted by molar-refractivity contribution is 6.32. The number of nitrogens with zero attached hydrogens (tertiary/aromatic N) is 2. The van der Waals surface area contributed by atoms with Crippen molar-refractivity contribution < 1.29 is 9.84 Å². The Morgan fingerprint density at radius 3 is 2.90 bits per heavy atom. The third kappa shape index (κ3) is 3.33. The molecule has 0 bridgehead atoms. The van der Waals surface area contributed by atoms with Gasteiger partial charge in [0.1, 0.15) is 5.75 Å². The summed E-state index contributed by atoms with van der Waals surface area (Å²) >= 11 is 6.36. The van der Waals surface area contributed by atoms with Gasteiger partial charge in [0.2, 0.25) is 0 Å². The van der Waals surface area contributed by atoms with Gasteiger partial charge in [-0.05, 0) is 35.7 Å². The Hall–Kier alpha value is -2.60. The van der Waals surface area contributed by atoms with E-state index in [2.05, 4.69) is 34.1 Å². The lowest BCUT2D eigenvalue weighted by molar-refractivity contribution is 0.183. The average molecular weight is 422 g/mol. The lowest BCUT2D eigenvalue weighted by Crippen LogP contribution is -2.33. The van der Waals surface area contributed by atoms with Crippen LogP contribution >= 0.6 is 11.6 Å². The van der Waals surface area contributed by atoms with Crippen molar-refractivity contribution in [3.8, 4) is 5.75 Å². The largest absolute Gasteiger partial charge is 0.495 e. The number of β-amino-alcohol motifs (C(OH)–C–C–N with tert-alkyl or cyclic N) is 1. The van der Waals surface area contributed by atoms with E-state index in [1.54, 1.807) is 7.11 Å². The summed E-state index contributed by atoms with van der Waals surface area (Å²) in [6, 6.07) is 14.4. The molecule has 0 atom stereocenters. The number of methoxy groups -OCH3 is 1. The van der Waals surface area contributed by atoms with Crippen molar-refractivity contribution in [1.82, 2.24) is 14.9 Å². The van der Waals surface area contributed by atoms with Gasteiger partial charge in [0, 0.05) is 42.3 Å². The normalized spacial score (nSPS) is 14.4. The Labute approximate surface area is 180 Å². The highest BCUT2D eigenvalue weighted by Crippen LogP contribution is 2.35. The first-order chi connectivity index (χ1) is 14.7. The molecular weight excluding hydrogens is 398 g/mol. The van der Waals surface area contributed by atoms with E-state index in [-0.39, 0.29) is 6.61 Å². The Bertz CT molecular complexity index is 1230. The van der Waals surface area contributed by atoms with Gasteiger partial charge in [-0.15, -0.1) is 0 Å². The number of hydrogen-bond acceptors (Lipinski definition) is 4. The first-order valence-electron chi connectivity index (χ1n) is 10.2. The summed E-state index contributed by atoms with van der Waals surface area (Å²) in [6.45, 7) is 2.55. The third-order valence-corrected chi connectivity index (χ3v) is 6.27. The molecule has 0 fully saturated rings. The number of pyridine rings is 1. The SMILES string of the molecule is COc1ccc(Cc2nc3c(c4c2[nH]c2ccccc24)CCN(CCO)C3)cc1Cl. The van der Waals surface area contributed by atoms with Crippen molar-refractivity contribution >= 4 is 33.4 Å². The molecule has 2 N–H and O–H groups in total.